The van der Waals surface area contributed by atoms with E-state index >= 15 is 0 Å². The molecule has 0 aromatic heterocycles. The average molecular weight is 399 g/mol. The molecule has 0 unspecified atom stereocenters. The topological polar surface area (TPSA) is 66.9 Å². The maximum Gasteiger partial charge on any atom is 0.246 e. The van der Waals surface area contributed by atoms with Crippen LogP contribution in [0.3, 0.4) is 0 Å². The van der Waals surface area contributed by atoms with Crippen molar-refractivity contribution in [3.8, 4) is 5.75 Å². The lowest BCUT2D eigenvalue weighted by Crippen LogP contribution is -2.47. The number of sulfonamides is 1. The fourth-order valence-electron chi connectivity index (χ4n) is 3.90. The molecule has 0 saturated carbocycles. The van der Waals surface area contributed by atoms with Crippen LogP contribution in [-0.4, -0.2) is 56.8 Å². The minimum absolute atomic E-state index is 0.0445. The molecule has 0 spiro atoms. The van der Waals surface area contributed by atoms with Gasteiger partial charge in [0.1, 0.15) is 16.5 Å². The lowest BCUT2D eigenvalue weighted by Gasteiger charge is -2.34. The Bertz CT molecular complexity index is 776. The van der Waals surface area contributed by atoms with E-state index in [1.165, 1.54) is 23.5 Å². The summed E-state index contributed by atoms with van der Waals surface area (Å²) in [4.78, 5) is 14.6. The number of halogens is 1. The van der Waals surface area contributed by atoms with E-state index < -0.39 is 15.8 Å². The molecule has 0 radical (unpaired) electrons. The normalized spacial score (nSPS) is 22.3. The van der Waals surface area contributed by atoms with Gasteiger partial charge in [0.25, 0.3) is 0 Å². The van der Waals surface area contributed by atoms with Crippen LogP contribution >= 0.6 is 0 Å². The molecule has 2 fully saturated rings. The smallest absolute Gasteiger partial charge is 0.246 e. The van der Waals surface area contributed by atoms with Crippen LogP contribution in [0, 0.1) is 11.7 Å². The van der Waals surface area contributed by atoms with Crippen LogP contribution < -0.4 is 4.74 Å². The lowest BCUT2D eigenvalue weighted by atomic mass is 9.98. The number of likely N-dealkylation sites (tertiary alicyclic amines) is 1. The second-order valence-corrected chi connectivity index (χ2v) is 9.14. The number of amides is 1. The molecular formula is C19H27FN2O4S. The van der Waals surface area contributed by atoms with Gasteiger partial charge in [-0.2, -0.15) is 4.31 Å². The quantitative estimate of drug-likeness (QED) is 0.782. The summed E-state index contributed by atoms with van der Waals surface area (Å²) in [5.41, 5.74) is 0. The molecule has 1 amide bonds. The Balaban J connectivity index is 1.79. The van der Waals surface area contributed by atoms with E-state index in [0.717, 1.165) is 44.8 Å². The molecule has 1 aromatic rings. The average Bonchev–Trinajstić information content (AvgIpc) is 2.97. The van der Waals surface area contributed by atoms with E-state index in [1.54, 1.807) is 0 Å². The highest BCUT2D eigenvalue weighted by atomic mass is 32.2. The molecular weight excluding hydrogens is 371 g/mol. The molecule has 2 saturated heterocycles. The van der Waals surface area contributed by atoms with E-state index in [4.69, 9.17) is 4.74 Å². The van der Waals surface area contributed by atoms with E-state index in [1.807, 2.05) is 4.90 Å². The molecule has 0 aliphatic carbocycles. The summed E-state index contributed by atoms with van der Waals surface area (Å²) in [5.74, 6) is -0.824. The summed E-state index contributed by atoms with van der Waals surface area (Å²) in [5, 5.41) is 0. The minimum atomic E-state index is -3.93. The Kier molecular flexibility index (Phi) is 6.37. The Morgan fingerprint density at radius 1 is 1.11 bits per heavy atom. The highest BCUT2D eigenvalue weighted by Crippen LogP contribution is 2.31. The van der Waals surface area contributed by atoms with Crippen molar-refractivity contribution < 1.29 is 22.3 Å². The van der Waals surface area contributed by atoms with Crippen molar-refractivity contribution in [2.75, 3.05) is 33.3 Å². The van der Waals surface area contributed by atoms with Gasteiger partial charge in [0.15, 0.2) is 0 Å². The highest BCUT2D eigenvalue weighted by molar-refractivity contribution is 7.89. The van der Waals surface area contributed by atoms with Gasteiger partial charge < -0.3 is 9.64 Å². The van der Waals surface area contributed by atoms with Crippen molar-refractivity contribution in [2.45, 2.75) is 43.4 Å². The van der Waals surface area contributed by atoms with Crippen LogP contribution in [0.4, 0.5) is 4.39 Å². The van der Waals surface area contributed by atoms with E-state index in [-0.39, 0.29) is 29.0 Å². The van der Waals surface area contributed by atoms with Crippen molar-refractivity contribution in [1.82, 2.24) is 9.21 Å². The molecule has 2 aliphatic rings. The van der Waals surface area contributed by atoms with E-state index in [9.17, 15) is 17.6 Å². The van der Waals surface area contributed by atoms with Gasteiger partial charge >= 0.3 is 0 Å². The third kappa shape index (κ3) is 4.43. The molecule has 1 atom stereocenters. The van der Waals surface area contributed by atoms with Crippen LogP contribution in [0.15, 0.2) is 23.1 Å². The van der Waals surface area contributed by atoms with Gasteiger partial charge in [0.05, 0.1) is 13.0 Å². The Hall–Kier alpha value is -1.67. The SMILES string of the molecule is COc1ccc(F)cc1S(=O)(=O)N1CCC[C@@H](C(=O)N2CCCCCC2)C1. The first-order valence-corrected chi connectivity index (χ1v) is 11.0. The van der Waals surface area contributed by atoms with E-state index in [2.05, 4.69) is 0 Å². The van der Waals surface area contributed by atoms with Crippen molar-refractivity contribution >= 4 is 15.9 Å². The molecule has 8 heteroatoms. The lowest BCUT2D eigenvalue weighted by molar-refractivity contribution is -0.136. The maximum absolute atomic E-state index is 13.7. The van der Waals surface area contributed by atoms with Crippen molar-refractivity contribution in [1.29, 1.82) is 0 Å². The predicted octanol–water partition coefficient (Wildman–Crippen LogP) is 2.64. The highest BCUT2D eigenvalue weighted by Gasteiger charge is 2.36. The Labute approximate surface area is 160 Å². The summed E-state index contributed by atoms with van der Waals surface area (Å²) in [6.07, 6.45) is 5.56. The fourth-order valence-corrected chi connectivity index (χ4v) is 5.59. The number of methoxy groups -OCH3 is 1. The van der Waals surface area contributed by atoms with Crippen LogP contribution in [0.2, 0.25) is 0 Å². The fraction of sp³-hybridized carbons (Fsp3) is 0.632. The van der Waals surface area contributed by atoms with Crippen LogP contribution in [0.1, 0.15) is 38.5 Å². The Morgan fingerprint density at radius 2 is 1.81 bits per heavy atom. The van der Waals surface area contributed by atoms with Gasteiger partial charge in [-0.3, -0.25) is 4.79 Å². The first kappa shape index (κ1) is 20.1. The summed E-state index contributed by atoms with van der Waals surface area (Å²) >= 11 is 0. The van der Waals surface area contributed by atoms with Crippen molar-refractivity contribution in [3.05, 3.63) is 24.0 Å². The van der Waals surface area contributed by atoms with Crippen molar-refractivity contribution in [3.63, 3.8) is 0 Å². The number of benzene rings is 1. The van der Waals surface area contributed by atoms with Gasteiger partial charge in [-0.15, -0.1) is 0 Å². The predicted molar refractivity (Wildman–Crippen MR) is 99.5 cm³/mol. The van der Waals surface area contributed by atoms with Crippen LogP contribution in [0.5, 0.6) is 5.75 Å². The summed E-state index contributed by atoms with van der Waals surface area (Å²) in [7, 11) is -2.58. The third-order valence-corrected chi connectivity index (χ3v) is 7.28. The molecule has 0 N–H and O–H groups in total. The van der Waals surface area contributed by atoms with Gasteiger partial charge in [-0.25, -0.2) is 12.8 Å². The zero-order valence-electron chi connectivity index (χ0n) is 15.7. The summed E-state index contributed by atoms with van der Waals surface area (Å²) < 4.78 is 46.2. The standard InChI is InChI=1S/C19H27FN2O4S/c1-26-17-9-8-16(20)13-18(17)27(24,25)22-12-6-7-15(14-22)19(23)21-10-4-2-3-5-11-21/h8-9,13,15H,2-7,10-12,14H2,1H3/t15-/m1/s1. The molecule has 2 heterocycles. The summed E-state index contributed by atoms with van der Waals surface area (Å²) in [6.45, 7) is 1.96. The van der Waals surface area contributed by atoms with Crippen molar-refractivity contribution in [2.24, 2.45) is 5.92 Å². The molecule has 150 valence electrons. The summed E-state index contributed by atoms with van der Waals surface area (Å²) in [6, 6.07) is 3.46. The second kappa shape index (κ2) is 8.56. The first-order chi connectivity index (χ1) is 12.9. The van der Waals surface area contributed by atoms with Gasteiger partial charge in [-0.05, 0) is 43.9 Å². The maximum atomic E-state index is 13.7. The second-order valence-electron chi connectivity index (χ2n) is 7.24. The molecule has 27 heavy (non-hydrogen) atoms. The monoisotopic (exact) mass is 398 g/mol. The zero-order chi connectivity index (χ0) is 19.4. The number of hydrogen-bond donors (Lipinski definition) is 0. The first-order valence-electron chi connectivity index (χ1n) is 9.56. The number of ether oxygens (including phenoxy) is 1. The molecule has 2 aliphatic heterocycles. The molecule has 1 aromatic carbocycles. The minimum Gasteiger partial charge on any atom is -0.495 e. The largest absolute Gasteiger partial charge is 0.495 e. The zero-order valence-corrected chi connectivity index (χ0v) is 16.5. The van der Waals surface area contributed by atoms with Gasteiger partial charge in [0, 0.05) is 26.2 Å². The molecule has 0 bridgehead atoms. The Morgan fingerprint density at radius 3 is 2.48 bits per heavy atom. The van der Waals surface area contributed by atoms with E-state index in [0.29, 0.717) is 19.4 Å². The number of hydrogen-bond acceptors (Lipinski definition) is 4. The van der Waals surface area contributed by atoms with Gasteiger partial charge in [0.2, 0.25) is 15.9 Å². The van der Waals surface area contributed by atoms with Crippen LogP contribution in [-0.2, 0) is 14.8 Å². The van der Waals surface area contributed by atoms with Crippen LogP contribution in [0.25, 0.3) is 0 Å². The molecule has 3 rings (SSSR count). The number of carbonyl (C=O) groups excluding carboxylic acids is 1. The number of rotatable bonds is 4. The number of carbonyl (C=O) groups is 1. The van der Waals surface area contributed by atoms with Gasteiger partial charge in [-0.1, -0.05) is 12.8 Å². The molecule has 6 nitrogen and oxygen atoms in total. The number of nitrogens with zero attached hydrogens (tertiary/aromatic N) is 2. The number of piperidine rings is 1. The third-order valence-electron chi connectivity index (χ3n) is 5.39.